The summed E-state index contributed by atoms with van der Waals surface area (Å²) in [4.78, 5) is 0. The van der Waals surface area contributed by atoms with Gasteiger partial charge in [0.25, 0.3) is 0 Å². The number of hydrogen-bond donors (Lipinski definition) is 0. The van der Waals surface area contributed by atoms with Crippen LogP contribution in [-0.2, 0) is 0 Å². The molecule has 1 saturated heterocycles. The summed E-state index contributed by atoms with van der Waals surface area (Å²) < 4.78 is 0. The van der Waals surface area contributed by atoms with Crippen molar-refractivity contribution in [3.63, 3.8) is 0 Å². The van der Waals surface area contributed by atoms with E-state index in [9.17, 15) is 0 Å². The third kappa shape index (κ3) is 1.53. The fourth-order valence-corrected chi connectivity index (χ4v) is 7.61. The molecule has 1 aliphatic rings. The van der Waals surface area contributed by atoms with E-state index in [1.54, 1.807) is 6.04 Å². The minimum Gasteiger partial charge on any atom is -0.0689 e. The molecule has 0 atom stereocenters. The van der Waals surface area contributed by atoms with Crippen LogP contribution in [0.1, 0.15) is 39.5 Å². The largest absolute Gasteiger partial charge is 0.0689 e. The maximum Gasteiger partial charge on any atom is 0.0535 e. The zero-order valence-electron chi connectivity index (χ0n) is 8.54. The Kier molecular flexibility index (Phi) is 2.48. The van der Waals surface area contributed by atoms with E-state index < -0.39 is 8.07 Å². The second kappa shape index (κ2) is 2.93. The molecule has 0 amide bonds. The summed E-state index contributed by atoms with van der Waals surface area (Å²) in [6.45, 7) is 9.80. The zero-order valence-corrected chi connectivity index (χ0v) is 9.54. The van der Waals surface area contributed by atoms with Crippen molar-refractivity contribution in [2.24, 2.45) is 0 Å². The molecule has 1 heterocycles. The van der Waals surface area contributed by atoms with Crippen LogP contribution in [0.2, 0.25) is 24.2 Å². The molecule has 0 aromatic carbocycles. The van der Waals surface area contributed by atoms with Crippen LogP contribution in [0.3, 0.4) is 0 Å². The summed E-state index contributed by atoms with van der Waals surface area (Å²) in [5.74, 6) is 0. The molecule has 0 aromatic rings. The summed E-state index contributed by atoms with van der Waals surface area (Å²) in [5.41, 5.74) is 0. The molecule has 11 heavy (non-hydrogen) atoms. The van der Waals surface area contributed by atoms with Crippen LogP contribution in [0, 0.1) is 0 Å². The van der Waals surface area contributed by atoms with Crippen LogP contribution in [0.15, 0.2) is 0 Å². The van der Waals surface area contributed by atoms with E-state index in [4.69, 9.17) is 0 Å². The Hall–Kier alpha value is 0.217. The lowest BCUT2D eigenvalue weighted by molar-refractivity contribution is 0.555. The minimum atomic E-state index is -0.683. The minimum absolute atomic E-state index is 0.683. The molecule has 0 nitrogen and oxygen atoms in total. The van der Waals surface area contributed by atoms with E-state index in [1.807, 2.05) is 0 Å². The Morgan fingerprint density at radius 1 is 1.09 bits per heavy atom. The van der Waals surface area contributed by atoms with Gasteiger partial charge in [-0.25, -0.2) is 0 Å². The van der Waals surface area contributed by atoms with Crippen LogP contribution in [0.5, 0.6) is 0 Å². The van der Waals surface area contributed by atoms with Gasteiger partial charge in [-0.2, -0.15) is 0 Å². The molecule has 0 saturated carbocycles. The molecule has 1 heteroatoms. The zero-order chi connectivity index (χ0) is 8.54. The van der Waals surface area contributed by atoms with Gasteiger partial charge in [0.2, 0.25) is 0 Å². The molecule has 0 spiro atoms. The Bertz CT molecular complexity index is 132. The van der Waals surface area contributed by atoms with Gasteiger partial charge in [0, 0.05) is 0 Å². The highest BCUT2D eigenvalue weighted by molar-refractivity contribution is 6.91. The van der Waals surface area contributed by atoms with Crippen molar-refractivity contribution >= 4 is 8.07 Å². The van der Waals surface area contributed by atoms with Gasteiger partial charge in [-0.05, 0) is 5.04 Å². The van der Waals surface area contributed by atoms with Crippen LogP contribution >= 0.6 is 0 Å². The van der Waals surface area contributed by atoms with Crippen molar-refractivity contribution in [1.82, 2.24) is 0 Å². The smallest absolute Gasteiger partial charge is 0.0535 e. The predicted octanol–water partition coefficient (Wildman–Crippen LogP) is 4.05. The summed E-state index contributed by atoms with van der Waals surface area (Å²) in [5, 5.41) is 0.885. The topological polar surface area (TPSA) is 0 Å². The molecule has 0 aliphatic carbocycles. The van der Waals surface area contributed by atoms with Crippen molar-refractivity contribution < 1.29 is 0 Å². The molecule has 0 aromatic heterocycles. The van der Waals surface area contributed by atoms with Gasteiger partial charge < -0.3 is 0 Å². The molecule has 0 unspecified atom stereocenters. The SMILES string of the molecule is CCCC1(CCC)C[Si]1(C)C. The van der Waals surface area contributed by atoms with Crippen LogP contribution in [-0.4, -0.2) is 8.07 Å². The molecule has 1 fully saturated rings. The maximum atomic E-state index is 2.57. The normalized spacial score (nSPS) is 25.1. The predicted molar refractivity (Wildman–Crippen MR) is 54.8 cm³/mol. The van der Waals surface area contributed by atoms with E-state index >= 15 is 0 Å². The van der Waals surface area contributed by atoms with Gasteiger partial charge in [0.1, 0.15) is 0 Å². The third-order valence-corrected chi connectivity index (χ3v) is 8.23. The lowest BCUT2D eigenvalue weighted by Crippen LogP contribution is -2.11. The first-order valence-electron chi connectivity index (χ1n) is 5.08. The quantitative estimate of drug-likeness (QED) is 0.558. The highest BCUT2D eigenvalue weighted by Crippen LogP contribution is 2.68. The molecule has 0 N–H and O–H groups in total. The van der Waals surface area contributed by atoms with E-state index in [1.165, 1.54) is 25.7 Å². The molecular formula is C10H22Si. The maximum absolute atomic E-state index is 2.57. The van der Waals surface area contributed by atoms with Crippen LogP contribution in [0.25, 0.3) is 0 Å². The van der Waals surface area contributed by atoms with E-state index in [2.05, 4.69) is 26.9 Å². The van der Waals surface area contributed by atoms with Crippen molar-refractivity contribution in [1.29, 1.82) is 0 Å². The molecule has 1 rings (SSSR count). The van der Waals surface area contributed by atoms with Crippen molar-refractivity contribution in [2.45, 2.75) is 63.7 Å². The lowest BCUT2D eigenvalue weighted by Gasteiger charge is -2.17. The Labute approximate surface area is 72.4 Å². The van der Waals surface area contributed by atoms with Crippen LogP contribution in [0.4, 0.5) is 0 Å². The Balaban J connectivity index is 2.48. The second-order valence-corrected chi connectivity index (χ2v) is 10.0. The number of rotatable bonds is 4. The molecule has 66 valence electrons. The second-order valence-electron chi connectivity index (χ2n) is 4.84. The first kappa shape index (κ1) is 9.31. The van der Waals surface area contributed by atoms with Gasteiger partial charge in [-0.3, -0.25) is 0 Å². The standard InChI is InChI=1S/C10H22Si/c1-5-7-10(8-6-2)9-11(10,3)4/h5-9H2,1-4H3. The average molecular weight is 170 g/mol. The summed E-state index contributed by atoms with van der Waals surface area (Å²) in [7, 11) is -0.683. The third-order valence-electron chi connectivity index (χ3n) is 3.55. The molecular weight excluding hydrogens is 148 g/mol. The van der Waals surface area contributed by atoms with Crippen molar-refractivity contribution in [3.8, 4) is 0 Å². The van der Waals surface area contributed by atoms with Crippen molar-refractivity contribution in [3.05, 3.63) is 0 Å². The molecule has 1 aliphatic heterocycles. The molecule has 0 bridgehead atoms. The van der Waals surface area contributed by atoms with E-state index in [0.717, 1.165) is 5.04 Å². The van der Waals surface area contributed by atoms with Crippen LogP contribution < -0.4 is 0 Å². The monoisotopic (exact) mass is 170 g/mol. The summed E-state index contributed by atoms with van der Waals surface area (Å²) in [6, 6.07) is 1.61. The van der Waals surface area contributed by atoms with Gasteiger partial charge in [0.05, 0.1) is 8.07 Å². The van der Waals surface area contributed by atoms with Gasteiger partial charge >= 0.3 is 0 Å². The summed E-state index contributed by atoms with van der Waals surface area (Å²) >= 11 is 0. The van der Waals surface area contributed by atoms with E-state index in [-0.39, 0.29) is 0 Å². The first-order valence-corrected chi connectivity index (χ1v) is 8.29. The highest BCUT2D eigenvalue weighted by Gasteiger charge is 2.60. The average Bonchev–Trinajstić information content (AvgIpc) is 2.35. The van der Waals surface area contributed by atoms with Gasteiger partial charge in [-0.1, -0.05) is 58.7 Å². The fraction of sp³-hybridized carbons (Fsp3) is 1.00. The summed E-state index contributed by atoms with van der Waals surface area (Å²) in [6.07, 6.45) is 5.83. The Morgan fingerprint density at radius 2 is 1.45 bits per heavy atom. The highest BCUT2D eigenvalue weighted by atomic mass is 28.3. The Morgan fingerprint density at radius 3 is 1.64 bits per heavy atom. The molecule has 0 radical (unpaired) electrons. The van der Waals surface area contributed by atoms with E-state index in [0.29, 0.717) is 0 Å². The number of hydrogen-bond acceptors (Lipinski definition) is 0. The fourth-order valence-electron chi connectivity index (χ4n) is 2.74. The lowest BCUT2D eigenvalue weighted by atomic mass is 10.0. The van der Waals surface area contributed by atoms with Gasteiger partial charge in [0.15, 0.2) is 0 Å². The van der Waals surface area contributed by atoms with Crippen molar-refractivity contribution in [2.75, 3.05) is 0 Å². The first-order chi connectivity index (χ1) is 5.08. The van der Waals surface area contributed by atoms with Gasteiger partial charge in [-0.15, -0.1) is 0 Å².